The monoisotopic (exact) mass is 245 g/mol. The van der Waals surface area contributed by atoms with Gasteiger partial charge in [0.1, 0.15) is 6.04 Å². The van der Waals surface area contributed by atoms with Crippen molar-refractivity contribution in [2.24, 2.45) is 0 Å². The topological polar surface area (TPSA) is 73.2 Å². The molecule has 0 bridgehead atoms. The summed E-state index contributed by atoms with van der Waals surface area (Å²) in [4.78, 5) is 2.06. The Labute approximate surface area is 97.3 Å². The molecular formula is C10H19N3O2S. The Morgan fingerprint density at radius 2 is 2.19 bits per heavy atom. The van der Waals surface area contributed by atoms with E-state index in [1.54, 1.807) is 0 Å². The number of nitrogens with one attached hydrogen (secondary N) is 1. The molecule has 0 aliphatic carbocycles. The van der Waals surface area contributed by atoms with Gasteiger partial charge in [0.25, 0.3) is 0 Å². The number of hydrogen-bond acceptors (Lipinski definition) is 5. The molecule has 1 unspecified atom stereocenters. The molecule has 1 fully saturated rings. The summed E-state index contributed by atoms with van der Waals surface area (Å²) in [5, 5.41) is 12.0. The SMILES string of the molecule is CCNC(C#N)CN1CCCS(=O)(=O)CC1. The van der Waals surface area contributed by atoms with Crippen LogP contribution in [-0.4, -0.2) is 57.0 Å². The molecule has 0 amide bonds. The van der Waals surface area contributed by atoms with Gasteiger partial charge >= 0.3 is 0 Å². The average molecular weight is 245 g/mol. The molecule has 1 atom stereocenters. The fourth-order valence-electron chi connectivity index (χ4n) is 1.83. The highest BCUT2D eigenvalue weighted by Crippen LogP contribution is 2.05. The number of hydrogen-bond donors (Lipinski definition) is 1. The number of rotatable bonds is 4. The van der Waals surface area contributed by atoms with Crippen LogP contribution in [0.25, 0.3) is 0 Å². The molecule has 1 N–H and O–H groups in total. The summed E-state index contributed by atoms with van der Waals surface area (Å²) in [6.07, 6.45) is 0.673. The van der Waals surface area contributed by atoms with E-state index in [9.17, 15) is 8.42 Å². The third-order valence-electron chi connectivity index (χ3n) is 2.70. The van der Waals surface area contributed by atoms with Gasteiger partial charge in [0, 0.05) is 13.1 Å². The summed E-state index contributed by atoms with van der Waals surface area (Å²) >= 11 is 0. The van der Waals surface area contributed by atoms with E-state index in [1.165, 1.54) is 0 Å². The highest BCUT2D eigenvalue weighted by Gasteiger charge is 2.20. The van der Waals surface area contributed by atoms with Crippen molar-refractivity contribution < 1.29 is 8.42 Å². The zero-order valence-corrected chi connectivity index (χ0v) is 10.5. The van der Waals surface area contributed by atoms with Gasteiger partial charge < -0.3 is 5.32 Å². The van der Waals surface area contributed by atoms with Crippen molar-refractivity contribution in [2.75, 3.05) is 37.7 Å². The second-order valence-electron chi connectivity index (χ2n) is 4.05. The largest absolute Gasteiger partial charge is 0.301 e. The lowest BCUT2D eigenvalue weighted by atomic mass is 10.3. The Kier molecular flexibility index (Phi) is 5.19. The number of sulfone groups is 1. The van der Waals surface area contributed by atoms with Crippen molar-refractivity contribution in [3.05, 3.63) is 0 Å². The zero-order valence-electron chi connectivity index (χ0n) is 9.65. The first kappa shape index (κ1) is 13.4. The normalized spacial score (nSPS) is 23.2. The number of nitrogens with zero attached hydrogens (tertiary/aromatic N) is 2. The molecule has 1 aliphatic heterocycles. The van der Waals surface area contributed by atoms with Crippen LogP contribution >= 0.6 is 0 Å². The van der Waals surface area contributed by atoms with Gasteiger partial charge in [-0.05, 0) is 19.5 Å². The maximum absolute atomic E-state index is 11.4. The Bertz CT molecular complexity index is 348. The summed E-state index contributed by atoms with van der Waals surface area (Å²) < 4.78 is 22.8. The molecule has 92 valence electrons. The van der Waals surface area contributed by atoms with E-state index in [2.05, 4.69) is 16.3 Å². The molecular weight excluding hydrogens is 226 g/mol. The first-order valence-electron chi connectivity index (χ1n) is 5.63. The fourth-order valence-corrected chi connectivity index (χ4v) is 3.14. The fraction of sp³-hybridized carbons (Fsp3) is 0.900. The predicted molar refractivity (Wildman–Crippen MR) is 62.8 cm³/mol. The van der Waals surface area contributed by atoms with Crippen LogP contribution in [-0.2, 0) is 9.84 Å². The van der Waals surface area contributed by atoms with Gasteiger partial charge in [-0.1, -0.05) is 6.92 Å². The lowest BCUT2D eigenvalue weighted by Crippen LogP contribution is -2.41. The van der Waals surface area contributed by atoms with Crippen molar-refractivity contribution in [1.82, 2.24) is 10.2 Å². The van der Waals surface area contributed by atoms with Crippen LogP contribution in [0.3, 0.4) is 0 Å². The molecule has 0 saturated carbocycles. The maximum Gasteiger partial charge on any atom is 0.151 e. The number of nitriles is 1. The third-order valence-corrected chi connectivity index (χ3v) is 4.41. The molecule has 0 spiro atoms. The second-order valence-corrected chi connectivity index (χ2v) is 6.35. The van der Waals surface area contributed by atoms with Crippen LogP contribution in [0, 0.1) is 11.3 Å². The van der Waals surface area contributed by atoms with E-state index in [1.807, 2.05) is 6.92 Å². The van der Waals surface area contributed by atoms with Crippen LogP contribution < -0.4 is 5.32 Å². The average Bonchev–Trinajstić information content (AvgIpc) is 2.40. The predicted octanol–water partition coefficient (Wildman–Crippen LogP) is -0.391. The maximum atomic E-state index is 11.4. The smallest absolute Gasteiger partial charge is 0.151 e. The van der Waals surface area contributed by atoms with Crippen molar-refractivity contribution in [3.63, 3.8) is 0 Å². The molecule has 6 heteroatoms. The van der Waals surface area contributed by atoms with E-state index in [0.717, 1.165) is 13.1 Å². The minimum absolute atomic E-state index is 0.203. The Morgan fingerprint density at radius 3 is 2.81 bits per heavy atom. The molecule has 0 aromatic rings. The molecule has 5 nitrogen and oxygen atoms in total. The molecule has 16 heavy (non-hydrogen) atoms. The van der Waals surface area contributed by atoms with Crippen molar-refractivity contribution in [1.29, 1.82) is 5.26 Å². The first-order chi connectivity index (χ1) is 7.57. The van der Waals surface area contributed by atoms with E-state index in [-0.39, 0.29) is 17.5 Å². The lowest BCUT2D eigenvalue weighted by molar-refractivity contribution is 0.277. The van der Waals surface area contributed by atoms with Crippen LogP contribution in [0.5, 0.6) is 0 Å². The van der Waals surface area contributed by atoms with E-state index in [0.29, 0.717) is 19.5 Å². The Hall–Kier alpha value is -0.640. The van der Waals surface area contributed by atoms with Gasteiger partial charge in [0.05, 0.1) is 17.6 Å². The van der Waals surface area contributed by atoms with Crippen LogP contribution in [0.2, 0.25) is 0 Å². The summed E-state index contributed by atoms with van der Waals surface area (Å²) in [7, 11) is -2.85. The van der Waals surface area contributed by atoms with E-state index >= 15 is 0 Å². The minimum atomic E-state index is -2.85. The molecule has 0 aromatic carbocycles. The van der Waals surface area contributed by atoms with E-state index in [4.69, 9.17) is 5.26 Å². The van der Waals surface area contributed by atoms with Crippen LogP contribution in [0.4, 0.5) is 0 Å². The Balaban J connectivity index is 2.46. The van der Waals surface area contributed by atoms with Crippen LogP contribution in [0.1, 0.15) is 13.3 Å². The molecule has 1 heterocycles. The molecule has 1 rings (SSSR count). The van der Waals surface area contributed by atoms with Gasteiger partial charge in [-0.25, -0.2) is 8.42 Å². The van der Waals surface area contributed by atoms with Crippen molar-refractivity contribution in [2.45, 2.75) is 19.4 Å². The molecule has 0 aromatic heterocycles. The standard InChI is InChI=1S/C10H19N3O2S/c1-2-12-10(8-11)9-13-4-3-6-16(14,15)7-5-13/h10,12H,2-7,9H2,1H3. The number of likely N-dealkylation sites (N-methyl/N-ethyl adjacent to an activating group) is 1. The Morgan fingerprint density at radius 1 is 1.44 bits per heavy atom. The van der Waals surface area contributed by atoms with Gasteiger partial charge in [0.2, 0.25) is 0 Å². The summed E-state index contributed by atoms with van der Waals surface area (Å²) in [6.45, 7) is 4.64. The molecule has 1 aliphatic rings. The zero-order chi connectivity index (χ0) is 12.0. The highest BCUT2D eigenvalue weighted by molar-refractivity contribution is 7.91. The van der Waals surface area contributed by atoms with Gasteiger partial charge in [0.15, 0.2) is 9.84 Å². The van der Waals surface area contributed by atoms with Gasteiger partial charge in [-0.3, -0.25) is 4.90 Å². The summed E-state index contributed by atoms with van der Waals surface area (Å²) in [6, 6.07) is 1.99. The van der Waals surface area contributed by atoms with Gasteiger partial charge in [-0.2, -0.15) is 5.26 Å². The quantitative estimate of drug-likeness (QED) is 0.730. The van der Waals surface area contributed by atoms with Crippen molar-refractivity contribution >= 4 is 9.84 Å². The third kappa shape index (κ3) is 4.47. The molecule has 0 radical (unpaired) electrons. The van der Waals surface area contributed by atoms with Gasteiger partial charge in [-0.15, -0.1) is 0 Å². The van der Waals surface area contributed by atoms with E-state index < -0.39 is 9.84 Å². The summed E-state index contributed by atoms with van der Waals surface area (Å²) in [5.41, 5.74) is 0. The summed E-state index contributed by atoms with van der Waals surface area (Å²) in [5.74, 6) is 0.499. The second kappa shape index (κ2) is 6.18. The van der Waals surface area contributed by atoms with Crippen LogP contribution in [0.15, 0.2) is 0 Å². The lowest BCUT2D eigenvalue weighted by Gasteiger charge is -2.22. The first-order valence-corrected chi connectivity index (χ1v) is 7.45. The highest BCUT2D eigenvalue weighted by atomic mass is 32.2. The minimum Gasteiger partial charge on any atom is -0.301 e. The van der Waals surface area contributed by atoms with Crippen molar-refractivity contribution in [3.8, 4) is 6.07 Å². The molecule has 1 saturated heterocycles.